The van der Waals surface area contributed by atoms with Gasteiger partial charge >= 0.3 is 0 Å². The minimum Gasteiger partial charge on any atom is -0.387 e. The Kier molecular flexibility index (Phi) is 4.84. The molecule has 12 heavy (non-hydrogen) atoms. The molecule has 0 saturated heterocycles. The van der Waals surface area contributed by atoms with Gasteiger partial charge in [-0.05, 0) is 0 Å². The molecule has 0 spiro atoms. The molecule has 0 rings (SSSR count). The summed E-state index contributed by atoms with van der Waals surface area (Å²) >= 11 is 0. The molecule has 0 bridgehead atoms. The number of sulfonamides is 1. The van der Waals surface area contributed by atoms with E-state index >= 15 is 0 Å². The molecule has 0 fully saturated rings. The molecule has 72 valence electrons. The van der Waals surface area contributed by atoms with Crippen molar-refractivity contribution in [2.24, 2.45) is 10.7 Å². The van der Waals surface area contributed by atoms with Gasteiger partial charge in [0.1, 0.15) is 0 Å². The van der Waals surface area contributed by atoms with Gasteiger partial charge in [0.2, 0.25) is 10.0 Å². The van der Waals surface area contributed by atoms with Gasteiger partial charge in [-0.1, -0.05) is 6.92 Å². The first-order valence-electron chi connectivity index (χ1n) is 3.69. The van der Waals surface area contributed by atoms with E-state index in [1.54, 1.807) is 0 Å². The first-order valence-corrected chi connectivity index (χ1v) is 5.58. The fraction of sp³-hybridized carbons (Fsp3) is 0.833. The van der Waals surface area contributed by atoms with E-state index in [-0.39, 0.29) is 0 Å². The van der Waals surface area contributed by atoms with Crippen LogP contribution in [0.3, 0.4) is 0 Å². The van der Waals surface area contributed by atoms with E-state index in [1.165, 1.54) is 0 Å². The Balaban J connectivity index is 3.59. The fourth-order valence-corrected chi connectivity index (χ4v) is 1.00. The minimum absolute atomic E-state index is 0.305. The van der Waals surface area contributed by atoms with Crippen LogP contribution in [-0.4, -0.2) is 33.6 Å². The predicted molar refractivity (Wildman–Crippen MR) is 49.6 cm³/mol. The summed E-state index contributed by atoms with van der Waals surface area (Å²) in [6.07, 6.45) is 1.80. The van der Waals surface area contributed by atoms with Gasteiger partial charge in [-0.15, -0.1) is 0 Å². The van der Waals surface area contributed by atoms with Crippen molar-refractivity contribution in [3.8, 4) is 0 Å². The topological polar surface area (TPSA) is 84.5 Å². The van der Waals surface area contributed by atoms with Crippen LogP contribution in [0.25, 0.3) is 0 Å². The lowest BCUT2D eigenvalue weighted by Gasteiger charge is -1.99. The summed E-state index contributed by atoms with van der Waals surface area (Å²) in [5.41, 5.74) is 5.40. The zero-order chi connectivity index (χ0) is 9.61. The highest BCUT2D eigenvalue weighted by Crippen LogP contribution is 1.78. The molecular weight excluding hydrogens is 178 g/mol. The molecule has 3 N–H and O–H groups in total. The van der Waals surface area contributed by atoms with Crippen molar-refractivity contribution >= 4 is 15.9 Å². The Morgan fingerprint density at radius 1 is 1.58 bits per heavy atom. The van der Waals surface area contributed by atoms with Crippen molar-refractivity contribution in [1.82, 2.24) is 4.72 Å². The summed E-state index contributed by atoms with van der Waals surface area (Å²) in [5.74, 6) is 0.547. The van der Waals surface area contributed by atoms with Crippen LogP contribution >= 0.6 is 0 Å². The van der Waals surface area contributed by atoms with E-state index < -0.39 is 10.0 Å². The number of amidine groups is 1. The zero-order valence-corrected chi connectivity index (χ0v) is 8.19. The molecule has 0 aliphatic carbocycles. The molecule has 0 aromatic carbocycles. The average Bonchev–Trinajstić information content (AvgIpc) is 1.96. The molecular formula is C6H15N3O2S. The summed E-state index contributed by atoms with van der Waals surface area (Å²) in [6.45, 7) is 2.59. The average molecular weight is 193 g/mol. The highest BCUT2D eigenvalue weighted by Gasteiger charge is 1.97. The maximum atomic E-state index is 10.6. The normalized spacial score (nSPS) is 13.3. The van der Waals surface area contributed by atoms with Crippen molar-refractivity contribution in [2.75, 3.05) is 19.3 Å². The van der Waals surface area contributed by atoms with E-state index in [0.717, 1.165) is 6.26 Å². The zero-order valence-electron chi connectivity index (χ0n) is 7.37. The molecule has 6 heteroatoms. The predicted octanol–water partition coefficient (Wildman–Crippen LogP) is -0.697. The van der Waals surface area contributed by atoms with Crippen LogP contribution in [0.5, 0.6) is 0 Å². The second kappa shape index (κ2) is 5.10. The van der Waals surface area contributed by atoms with Crippen molar-refractivity contribution in [2.45, 2.75) is 13.3 Å². The first-order chi connectivity index (χ1) is 5.45. The van der Waals surface area contributed by atoms with Crippen LogP contribution in [-0.2, 0) is 10.0 Å². The lowest BCUT2D eigenvalue weighted by Crippen LogP contribution is -2.25. The van der Waals surface area contributed by atoms with Crippen molar-refractivity contribution in [3.63, 3.8) is 0 Å². The van der Waals surface area contributed by atoms with Crippen LogP contribution in [0.1, 0.15) is 13.3 Å². The Morgan fingerprint density at radius 2 is 2.17 bits per heavy atom. The molecule has 0 aliphatic heterocycles. The number of rotatable bonds is 5. The molecule has 0 radical (unpaired) electrons. The Labute approximate surface area is 73.1 Å². The van der Waals surface area contributed by atoms with E-state index in [0.29, 0.717) is 25.3 Å². The summed E-state index contributed by atoms with van der Waals surface area (Å²) in [4.78, 5) is 3.91. The highest BCUT2D eigenvalue weighted by molar-refractivity contribution is 7.88. The molecule has 0 aliphatic rings. The molecule has 0 atom stereocenters. The Bertz CT molecular complexity index is 246. The molecule has 0 saturated carbocycles. The lowest BCUT2D eigenvalue weighted by atomic mass is 10.4. The van der Waals surface area contributed by atoms with Crippen molar-refractivity contribution < 1.29 is 8.42 Å². The van der Waals surface area contributed by atoms with Crippen LogP contribution < -0.4 is 10.5 Å². The third kappa shape index (κ3) is 7.49. The number of hydrogen-bond donors (Lipinski definition) is 2. The van der Waals surface area contributed by atoms with Crippen LogP contribution in [0, 0.1) is 0 Å². The van der Waals surface area contributed by atoms with Gasteiger partial charge in [0, 0.05) is 13.0 Å². The van der Waals surface area contributed by atoms with Crippen molar-refractivity contribution in [3.05, 3.63) is 0 Å². The monoisotopic (exact) mass is 193 g/mol. The number of nitrogens with two attached hydrogens (primary N) is 1. The first kappa shape index (κ1) is 11.4. The van der Waals surface area contributed by atoms with E-state index in [9.17, 15) is 8.42 Å². The van der Waals surface area contributed by atoms with E-state index in [2.05, 4.69) is 9.71 Å². The van der Waals surface area contributed by atoms with Gasteiger partial charge in [0.15, 0.2) is 0 Å². The number of hydrogen-bond acceptors (Lipinski definition) is 3. The summed E-state index contributed by atoms with van der Waals surface area (Å²) < 4.78 is 23.4. The molecule has 0 aromatic heterocycles. The van der Waals surface area contributed by atoms with E-state index in [4.69, 9.17) is 5.73 Å². The quantitative estimate of drug-likeness (QED) is 0.344. The molecule has 5 nitrogen and oxygen atoms in total. The third-order valence-electron chi connectivity index (χ3n) is 1.15. The maximum Gasteiger partial charge on any atom is 0.208 e. The third-order valence-corrected chi connectivity index (χ3v) is 1.88. The maximum absolute atomic E-state index is 10.6. The summed E-state index contributed by atoms with van der Waals surface area (Å²) in [7, 11) is -3.09. The smallest absolute Gasteiger partial charge is 0.208 e. The number of nitrogens with one attached hydrogen (secondary N) is 1. The molecule has 0 amide bonds. The van der Waals surface area contributed by atoms with Crippen LogP contribution in [0.2, 0.25) is 0 Å². The van der Waals surface area contributed by atoms with Gasteiger partial charge in [-0.3, -0.25) is 4.99 Å². The SMILES string of the molecule is CCC(N)=NCCNS(C)(=O)=O. The second-order valence-electron chi connectivity index (χ2n) is 2.39. The summed E-state index contributed by atoms with van der Waals surface area (Å²) in [6, 6.07) is 0. The molecule has 0 unspecified atom stereocenters. The van der Waals surface area contributed by atoms with Crippen LogP contribution in [0.15, 0.2) is 4.99 Å². The number of nitrogens with zero attached hydrogens (tertiary/aromatic N) is 1. The number of aliphatic imine (C=N–C) groups is 1. The van der Waals surface area contributed by atoms with Gasteiger partial charge in [0.05, 0.1) is 18.6 Å². The highest BCUT2D eigenvalue weighted by atomic mass is 32.2. The van der Waals surface area contributed by atoms with E-state index in [1.807, 2.05) is 6.92 Å². The largest absolute Gasteiger partial charge is 0.387 e. The lowest BCUT2D eigenvalue weighted by molar-refractivity contribution is 0.588. The van der Waals surface area contributed by atoms with Gasteiger partial charge < -0.3 is 5.73 Å². The standard InChI is InChI=1S/C6H15N3O2S/c1-3-6(7)8-4-5-9-12(2,10)11/h9H,3-5H2,1-2H3,(H2,7,8). The van der Waals surface area contributed by atoms with Crippen molar-refractivity contribution in [1.29, 1.82) is 0 Å². The fourth-order valence-electron chi connectivity index (χ4n) is 0.542. The minimum atomic E-state index is -3.09. The molecule has 0 aromatic rings. The summed E-state index contributed by atoms with van der Waals surface area (Å²) in [5, 5.41) is 0. The van der Waals surface area contributed by atoms with Gasteiger partial charge in [-0.25, -0.2) is 13.1 Å². The molecule has 0 heterocycles. The Morgan fingerprint density at radius 3 is 2.58 bits per heavy atom. The van der Waals surface area contributed by atoms with Gasteiger partial charge in [0.25, 0.3) is 0 Å². The Hall–Kier alpha value is -0.620. The van der Waals surface area contributed by atoms with Crippen LogP contribution in [0.4, 0.5) is 0 Å². The van der Waals surface area contributed by atoms with Gasteiger partial charge in [-0.2, -0.15) is 0 Å². The second-order valence-corrected chi connectivity index (χ2v) is 4.23.